The van der Waals surface area contributed by atoms with E-state index < -0.39 is 0 Å². The van der Waals surface area contributed by atoms with Crippen LogP contribution >= 0.6 is 0 Å². The first-order valence-electron chi connectivity index (χ1n) is 5.16. The van der Waals surface area contributed by atoms with Gasteiger partial charge in [0.1, 0.15) is 0 Å². The predicted octanol–water partition coefficient (Wildman–Crippen LogP) is 2.16. The molecular formula is C12H16N2O2. The lowest BCUT2D eigenvalue weighted by atomic mass is 10.1. The number of hydrogen-bond acceptors (Lipinski definition) is 2. The molecule has 1 aromatic carbocycles. The van der Waals surface area contributed by atoms with Crippen molar-refractivity contribution in [3.05, 3.63) is 23.8 Å². The van der Waals surface area contributed by atoms with Gasteiger partial charge in [-0.05, 0) is 24.6 Å². The fraction of sp³-hybridized carbons (Fsp3) is 0.333. The van der Waals surface area contributed by atoms with Crippen LogP contribution in [-0.4, -0.2) is 12.3 Å². The number of anilines is 2. The van der Waals surface area contributed by atoms with E-state index in [0.29, 0.717) is 17.8 Å². The maximum atomic E-state index is 11.5. The number of hydrogen-bond donors (Lipinski definition) is 2. The van der Waals surface area contributed by atoms with Crippen LogP contribution < -0.4 is 10.6 Å². The normalized spacial score (nSPS) is 10.0. The van der Waals surface area contributed by atoms with E-state index in [0.717, 1.165) is 5.56 Å². The van der Waals surface area contributed by atoms with Crippen LogP contribution in [0, 0.1) is 12.8 Å². The summed E-state index contributed by atoms with van der Waals surface area (Å²) in [6, 6.07) is 5.40. The van der Waals surface area contributed by atoms with Crippen LogP contribution in [0.4, 0.5) is 11.4 Å². The standard InChI is InChI=1S/C12H16N2O2/c1-8(2)12(16)14-10-5-4-9(3)11(6-10)13-7-15/h4-8H,1-3H3,(H,13,15)(H,14,16). The average molecular weight is 220 g/mol. The van der Waals surface area contributed by atoms with E-state index in [4.69, 9.17) is 0 Å². The van der Waals surface area contributed by atoms with E-state index in [2.05, 4.69) is 10.6 Å². The predicted molar refractivity (Wildman–Crippen MR) is 64.3 cm³/mol. The Morgan fingerprint density at radius 1 is 1.38 bits per heavy atom. The number of nitrogens with one attached hydrogen (secondary N) is 2. The topological polar surface area (TPSA) is 58.2 Å². The Hall–Kier alpha value is -1.84. The Balaban J connectivity index is 2.86. The summed E-state index contributed by atoms with van der Waals surface area (Å²) in [6.07, 6.45) is 0.621. The quantitative estimate of drug-likeness (QED) is 0.764. The van der Waals surface area contributed by atoms with E-state index >= 15 is 0 Å². The SMILES string of the molecule is Cc1ccc(NC(=O)C(C)C)cc1NC=O. The molecule has 0 aliphatic carbocycles. The first-order valence-corrected chi connectivity index (χ1v) is 5.16. The molecule has 0 saturated heterocycles. The van der Waals surface area contributed by atoms with Gasteiger partial charge in [0.15, 0.2) is 0 Å². The van der Waals surface area contributed by atoms with Crippen molar-refractivity contribution in [3.63, 3.8) is 0 Å². The van der Waals surface area contributed by atoms with Crippen molar-refractivity contribution in [2.24, 2.45) is 5.92 Å². The van der Waals surface area contributed by atoms with Gasteiger partial charge in [-0.1, -0.05) is 19.9 Å². The lowest BCUT2D eigenvalue weighted by Gasteiger charge is -2.10. The molecule has 4 heteroatoms. The molecule has 0 aliphatic rings. The molecule has 0 heterocycles. The van der Waals surface area contributed by atoms with Gasteiger partial charge < -0.3 is 10.6 Å². The molecule has 1 aromatic rings. The Labute approximate surface area is 95.0 Å². The van der Waals surface area contributed by atoms with Gasteiger partial charge in [-0.15, -0.1) is 0 Å². The van der Waals surface area contributed by atoms with Crippen molar-refractivity contribution in [2.45, 2.75) is 20.8 Å². The zero-order chi connectivity index (χ0) is 12.1. The molecule has 0 bridgehead atoms. The highest BCUT2D eigenvalue weighted by molar-refractivity contribution is 5.93. The minimum Gasteiger partial charge on any atom is -0.328 e. The van der Waals surface area contributed by atoms with Gasteiger partial charge in [-0.2, -0.15) is 0 Å². The summed E-state index contributed by atoms with van der Waals surface area (Å²) in [4.78, 5) is 21.8. The third-order valence-corrected chi connectivity index (χ3v) is 2.24. The molecule has 0 aromatic heterocycles. The molecule has 0 unspecified atom stereocenters. The summed E-state index contributed by atoms with van der Waals surface area (Å²) in [7, 11) is 0. The average Bonchev–Trinajstić information content (AvgIpc) is 2.23. The van der Waals surface area contributed by atoms with Crippen LogP contribution in [0.2, 0.25) is 0 Å². The molecule has 0 radical (unpaired) electrons. The fourth-order valence-electron chi connectivity index (χ4n) is 1.21. The maximum absolute atomic E-state index is 11.5. The molecule has 4 nitrogen and oxygen atoms in total. The van der Waals surface area contributed by atoms with Crippen molar-refractivity contribution >= 4 is 23.7 Å². The van der Waals surface area contributed by atoms with E-state index in [1.54, 1.807) is 6.07 Å². The van der Waals surface area contributed by atoms with Crippen LogP contribution in [0.15, 0.2) is 18.2 Å². The highest BCUT2D eigenvalue weighted by Crippen LogP contribution is 2.20. The number of rotatable bonds is 4. The summed E-state index contributed by atoms with van der Waals surface area (Å²) in [5.41, 5.74) is 2.35. The molecule has 16 heavy (non-hydrogen) atoms. The maximum Gasteiger partial charge on any atom is 0.226 e. The lowest BCUT2D eigenvalue weighted by Crippen LogP contribution is -2.17. The number of aryl methyl sites for hydroxylation is 1. The van der Waals surface area contributed by atoms with Crippen molar-refractivity contribution < 1.29 is 9.59 Å². The Kier molecular flexibility index (Phi) is 4.05. The highest BCUT2D eigenvalue weighted by atomic mass is 16.1. The molecule has 0 atom stereocenters. The third-order valence-electron chi connectivity index (χ3n) is 2.24. The van der Waals surface area contributed by atoms with Gasteiger partial charge in [0.25, 0.3) is 0 Å². The molecule has 1 rings (SSSR count). The van der Waals surface area contributed by atoms with Crippen LogP contribution in [0.5, 0.6) is 0 Å². The van der Waals surface area contributed by atoms with Crippen molar-refractivity contribution in [1.29, 1.82) is 0 Å². The van der Waals surface area contributed by atoms with Crippen molar-refractivity contribution in [1.82, 2.24) is 0 Å². The molecule has 0 aliphatic heterocycles. The third kappa shape index (κ3) is 3.08. The molecular weight excluding hydrogens is 204 g/mol. The second-order valence-corrected chi connectivity index (χ2v) is 3.94. The van der Waals surface area contributed by atoms with Crippen LogP contribution in [0.3, 0.4) is 0 Å². The van der Waals surface area contributed by atoms with Crippen LogP contribution in [0.25, 0.3) is 0 Å². The van der Waals surface area contributed by atoms with Crippen LogP contribution in [-0.2, 0) is 9.59 Å². The van der Waals surface area contributed by atoms with Gasteiger partial charge in [0.2, 0.25) is 12.3 Å². The first kappa shape index (κ1) is 12.2. The van der Waals surface area contributed by atoms with Crippen LogP contribution in [0.1, 0.15) is 19.4 Å². The number of carbonyl (C=O) groups is 2. The molecule has 86 valence electrons. The zero-order valence-corrected chi connectivity index (χ0v) is 9.70. The molecule has 2 amide bonds. The minimum atomic E-state index is -0.0659. The Morgan fingerprint density at radius 3 is 2.62 bits per heavy atom. The summed E-state index contributed by atoms with van der Waals surface area (Å²) in [5, 5.41) is 5.36. The highest BCUT2D eigenvalue weighted by Gasteiger charge is 2.07. The fourth-order valence-corrected chi connectivity index (χ4v) is 1.21. The largest absolute Gasteiger partial charge is 0.328 e. The lowest BCUT2D eigenvalue weighted by molar-refractivity contribution is -0.118. The minimum absolute atomic E-state index is 0.0408. The summed E-state index contributed by atoms with van der Waals surface area (Å²) in [6.45, 7) is 5.54. The van der Waals surface area contributed by atoms with E-state index in [1.807, 2.05) is 32.9 Å². The van der Waals surface area contributed by atoms with Gasteiger partial charge in [0.05, 0.1) is 0 Å². The van der Waals surface area contributed by atoms with E-state index in [1.165, 1.54) is 0 Å². The monoisotopic (exact) mass is 220 g/mol. The Bertz CT molecular complexity index is 400. The van der Waals surface area contributed by atoms with Gasteiger partial charge in [-0.3, -0.25) is 9.59 Å². The van der Waals surface area contributed by atoms with Crippen molar-refractivity contribution in [3.8, 4) is 0 Å². The van der Waals surface area contributed by atoms with Gasteiger partial charge in [0, 0.05) is 17.3 Å². The smallest absolute Gasteiger partial charge is 0.226 e. The molecule has 0 fully saturated rings. The second kappa shape index (κ2) is 5.30. The van der Waals surface area contributed by atoms with Gasteiger partial charge in [-0.25, -0.2) is 0 Å². The second-order valence-electron chi connectivity index (χ2n) is 3.94. The number of carbonyl (C=O) groups excluding carboxylic acids is 2. The summed E-state index contributed by atoms with van der Waals surface area (Å²) >= 11 is 0. The van der Waals surface area contributed by atoms with E-state index in [9.17, 15) is 9.59 Å². The molecule has 2 N–H and O–H groups in total. The number of benzene rings is 1. The van der Waals surface area contributed by atoms with E-state index in [-0.39, 0.29) is 11.8 Å². The van der Waals surface area contributed by atoms with Crippen molar-refractivity contribution in [2.75, 3.05) is 10.6 Å². The number of amides is 2. The summed E-state index contributed by atoms with van der Waals surface area (Å²) in [5.74, 6) is -0.107. The molecule has 0 spiro atoms. The Morgan fingerprint density at radius 2 is 2.06 bits per heavy atom. The summed E-state index contributed by atoms with van der Waals surface area (Å²) < 4.78 is 0. The molecule has 0 saturated carbocycles. The first-order chi connectivity index (χ1) is 7.54. The zero-order valence-electron chi connectivity index (χ0n) is 9.70. The van der Waals surface area contributed by atoms with Gasteiger partial charge >= 0.3 is 0 Å².